The average molecular weight is 368 g/mol. The Labute approximate surface area is 154 Å². The van der Waals surface area contributed by atoms with Crippen molar-refractivity contribution < 1.29 is 14.3 Å². The number of nitrogens with one attached hydrogen (secondary N) is 1. The van der Waals surface area contributed by atoms with Crippen molar-refractivity contribution in [3.8, 4) is 0 Å². The summed E-state index contributed by atoms with van der Waals surface area (Å²) in [6, 6.07) is 9.54. The summed E-state index contributed by atoms with van der Waals surface area (Å²) in [7, 11) is 0. The molecule has 1 rings (SSSR count). The quantitative estimate of drug-likeness (QED) is 0.278. The normalized spacial score (nSPS) is 11.8. The zero-order valence-corrected chi connectivity index (χ0v) is 15.4. The Morgan fingerprint density at radius 2 is 1.92 bits per heavy atom. The number of benzene rings is 1. The van der Waals surface area contributed by atoms with Gasteiger partial charge < -0.3 is 21.5 Å². The lowest BCUT2D eigenvalue weighted by molar-refractivity contribution is -0.144. The smallest absolute Gasteiger partial charge is 0.305 e. The SMILES string of the molecule is NCCCC[C@@H](N)C(=O)NCCOC(=O)CCCSc1ccccc1. The molecule has 0 radical (unpaired) electrons. The number of carbonyl (C=O) groups is 2. The van der Waals surface area contributed by atoms with E-state index in [2.05, 4.69) is 5.32 Å². The Bertz CT molecular complexity index is 500. The number of thioether (sulfide) groups is 1. The lowest BCUT2D eigenvalue weighted by Crippen LogP contribution is -2.41. The van der Waals surface area contributed by atoms with Crippen LogP contribution in [0.3, 0.4) is 0 Å². The molecule has 1 aromatic carbocycles. The maximum atomic E-state index is 11.7. The second kappa shape index (κ2) is 13.7. The van der Waals surface area contributed by atoms with Crippen LogP contribution in [0.4, 0.5) is 0 Å². The van der Waals surface area contributed by atoms with E-state index in [4.69, 9.17) is 16.2 Å². The highest BCUT2D eigenvalue weighted by Crippen LogP contribution is 2.18. The fourth-order valence-corrected chi connectivity index (χ4v) is 2.98. The minimum Gasteiger partial charge on any atom is -0.464 e. The van der Waals surface area contributed by atoms with Crippen LogP contribution in [0.2, 0.25) is 0 Å². The molecule has 0 fully saturated rings. The summed E-state index contributed by atoms with van der Waals surface area (Å²) in [4.78, 5) is 24.5. The van der Waals surface area contributed by atoms with Crippen LogP contribution >= 0.6 is 11.8 Å². The standard InChI is InChI=1S/C18H29N3O3S/c19-11-5-4-9-16(20)18(23)21-12-13-24-17(22)10-6-14-25-15-7-2-1-3-8-15/h1-3,7-8,16H,4-6,9-14,19-20H2,(H,21,23)/t16-/m1/s1. The third-order valence-electron chi connectivity index (χ3n) is 3.51. The summed E-state index contributed by atoms with van der Waals surface area (Å²) < 4.78 is 5.10. The number of hydrogen-bond acceptors (Lipinski definition) is 6. The average Bonchev–Trinajstić information content (AvgIpc) is 2.63. The molecule has 140 valence electrons. The van der Waals surface area contributed by atoms with Gasteiger partial charge in [-0.3, -0.25) is 9.59 Å². The third-order valence-corrected chi connectivity index (χ3v) is 4.61. The Morgan fingerprint density at radius 1 is 1.16 bits per heavy atom. The number of hydrogen-bond donors (Lipinski definition) is 3. The highest BCUT2D eigenvalue weighted by atomic mass is 32.2. The summed E-state index contributed by atoms with van der Waals surface area (Å²) in [6.07, 6.45) is 3.45. The van der Waals surface area contributed by atoms with Gasteiger partial charge in [-0.15, -0.1) is 11.8 Å². The predicted molar refractivity (Wildman–Crippen MR) is 101 cm³/mol. The number of esters is 1. The minimum absolute atomic E-state index is 0.173. The van der Waals surface area contributed by atoms with E-state index in [9.17, 15) is 9.59 Å². The van der Waals surface area contributed by atoms with Crippen LogP contribution < -0.4 is 16.8 Å². The molecular weight excluding hydrogens is 338 g/mol. The third kappa shape index (κ3) is 10.8. The van der Waals surface area contributed by atoms with Crippen LogP contribution in [0, 0.1) is 0 Å². The topological polar surface area (TPSA) is 107 Å². The molecule has 1 amide bonds. The highest BCUT2D eigenvalue weighted by molar-refractivity contribution is 7.99. The van der Waals surface area contributed by atoms with E-state index in [-0.39, 0.29) is 25.0 Å². The Hall–Kier alpha value is -1.57. The fourth-order valence-electron chi connectivity index (χ4n) is 2.11. The number of unbranched alkanes of at least 4 members (excludes halogenated alkanes) is 1. The second-order valence-electron chi connectivity index (χ2n) is 5.67. The summed E-state index contributed by atoms with van der Waals surface area (Å²) in [5, 5.41) is 2.68. The predicted octanol–water partition coefficient (Wildman–Crippen LogP) is 1.67. The molecule has 0 saturated carbocycles. The van der Waals surface area contributed by atoms with Crippen molar-refractivity contribution in [3.05, 3.63) is 30.3 Å². The number of amides is 1. The molecule has 0 aliphatic carbocycles. The van der Waals surface area contributed by atoms with Crippen molar-refractivity contribution in [2.24, 2.45) is 11.5 Å². The van der Waals surface area contributed by atoms with Gasteiger partial charge in [0.25, 0.3) is 0 Å². The van der Waals surface area contributed by atoms with Crippen molar-refractivity contribution >= 4 is 23.6 Å². The highest BCUT2D eigenvalue weighted by Gasteiger charge is 2.12. The van der Waals surface area contributed by atoms with E-state index in [1.165, 1.54) is 4.90 Å². The molecule has 0 unspecified atom stereocenters. The molecule has 0 heterocycles. The summed E-state index contributed by atoms with van der Waals surface area (Å²) in [5.74, 6) is 0.413. The van der Waals surface area contributed by atoms with E-state index in [0.717, 1.165) is 25.0 Å². The monoisotopic (exact) mass is 367 g/mol. The molecule has 0 bridgehead atoms. The van der Waals surface area contributed by atoms with Crippen LogP contribution in [-0.2, 0) is 14.3 Å². The number of rotatable bonds is 13. The van der Waals surface area contributed by atoms with E-state index < -0.39 is 6.04 Å². The largest absolute Gasteiger partial charge is 0.464 e. The van der Waals surface area contributed by atoms with Crippen molar-refractivity contribution in [1.29, 1.82) is 0 Å². The number of nitrogens with two attached hydrogens (primary N) is 2. The van der Waals surface area contributed by atoms with Gasteiger partial charge in [-0.2, -0.15) is 0 Å². The van der Waals surface area contributed by atoms with Crippen LogP contribution in [-0.4, -0.2) is 43.4 Å². The Kier molecular flexibility index (Phi) is 11.8. The van der Waals surface area contributed by atoms with Gasteiger partial charge in [0.2, 0.25) is 5.91 Å². The van der Waals surface area contributed by atoms with Crippen LogP contribution in [0.25, 0.3) is 0 Å². The molecule has 6 nitrogen and oxygen atoms in total. The number of carbonyl (C=O) groups excluding carboxylic acids is 2. The zero-order chi connectivity index (χ0) is 18.3. The van der Waals surface area contributed by atoms with Crippen LogP contribution in [0.15, 0.2) is 35.2 Å². The van der Waals surface area contributed by atoms with Crippen molar-refractivity contribution in [1.82, 2.24) is 5.32 Å². The summed E-state index contributed by atoms with van der Waals surface area (Å²) in [5.41, 5.74) is 11.2. The molecule has 1 aromatic rings. The molecule has 25 heavy (non-hydrogen) atoms. The second-order valence-corrected chi connectivity index (χ2v) is 6.84. The van der Waals surface area contributed by atoms with Gasteiger partial charge in [0, 0.05) is 11.3 Å². The molecule has 0 aliphatic heterocycles. The van der Waals surface area contributed by atoms with Gasteiger partial charge in [0.05, 0.1) is 12.6 Å². The first kappa shape index (κ1) is 21.5. The van der Waals surface area contributed by atoms with Crippen LogP contribution in [0.1, 0.15) is 32.1 Å². The van der Waals surface area contributed by atoms with Crippen LogP contribution in [0.5, 0.6) is 0 Å². The summed E-state index contributed by atoms with van der Waals surface area (Å²) in [6.45, 7) is 1.06. The van der Waals surface area contributed by atoms with Gasteiger partial charge in [-0.1, -0.05) is 24.6 Å². The maximum Gasteiger partial charge on any atom is 0.305 e. The first-order valence-electron chi connectivity index (χ1n) is 8.70. The number of ether oxygens (including phenoxy) is 1. The van der Waals surface area contributed by atoms with Gasteiger partial charge >= 0.3 is 5.97 Å². The lowest BCUT2D eigenvalue weighted by Gasteiger charge is -2.12. The molecule has 0 aromatic heterocycles. The molecular formula is C18H29N3O3S. The molecule has 7 heteroatoms. The van der Waals surface area contributed by atoms with Crippen molar-refractivity contribution in [2.45, 2.75) is 43.0 Å². The molecule has 5 N–H and O–H groups in total. The van der Waals surface area contributed by atoms with E-state index in [0.29, 0.717) is 19.4 Å². The van der Waals surface area contributed by atoms with Gasteiger partial charge in [0.1, 0.15) is 6.61 Å². The zero-order valence-electron chi connectivity index (χ0n) is 14.6. The molecule has 0 aliphatic rings. The summed E-state index contributed by atoms with van der Waals surface area (Å²) >= 11 is 1.72. The van der Waals surface area contributed by atoms with E-state index in [1.807, 2.05) is 30.3 Å². The molecule has 0 saturated heterocycles. The van der Waals surface area contributed by atoms with Crippen molar-refractivity contribution in [3.63, 3.8) is 0 Å². The lowest BCUT2D eigenvalue weighted by atomic mass is 10.1. The van der Waals surface area contributed by atoms with Crippen molar-refractivity contribution in [2.75, 3.05) is 25.4 Å². The van der Waals surface area contributed by atoms with E-state index >= 15 is 0 Å². The maximum absolute atomic E-state index is 11.7. The first-order valence-corrected chi connectivity index (χ1v) is 9.69. The Balaban J connectivity index is 2.00. The fraction of sp³-hybridized carbons (Fsp3) is 0.556. The Morgan fingerprint density at radius 3 is 2.64 bits per heavy atom. The molecule has 0 spiro atoms. The minimum atomic E-state index is -0.530. The van der Waals surface area contributed by atoms with Gasteiger partial charge in [-0.05, 0) is 43.7 Å². The first-order chi connectivity index (χ1) is 12.1. The van der Waals surface area contributed by atoms with E-state index in [1.54, 1.807) is 11.8 Å². The molecule has 1 atom stereocenters. The van der Waals surface area contributed by atoms with Gasteiger partial charge in [0.15, 0.2) is 0 Å². The van der Waals surface area contributed by atoms with Gasteiger partial charge in [-0.25, -0.2) is 0 Å².